The first-order chi connectivity index (χ1) is 15.8. The second-order valence-corrected chi connectivity index (χ2v) is 8.18. The van der Waals surface area contributed by atoms with Gasteiger partial charge in [-0.1, -0.05) is 49.2 Å². The third-order valence-electron chi connectivity index (χ3n) is 5.25. The summed E-state index contributed by atoms with van der Waals surface area (Å²) in [4.78, 5) is 33.6. The van der Waals surface area contributed by atoms with Gasteiger partial charge in [-0.05, 0) is 55.7 Å². The molecule has 0 atom stereocenters. The average Bonchev–Trinajstić information content (AvgIpc) is 2.80. The quantitative estimate of drug-likeness (QED) is 0.370. The van der Waals surface area contributed by atoms with Crippen LogP contribution in [0.25, 0.3) is 10.9 Å². The van der Waals surface area contributed by atoms with E-state index in [4.69, 9.17) is 11.6 Å². The van der Waals surface area contributed by atoms with E-state index >= 15 is 0 Å². The maximum absolute atomic E-state index is 12.8. The predicted octanol–water partition coefficient (Wildman–Crippen LogP) is 5.73. The summed E-state index contributed by atoms with van der Waals surface area (Å²) in [5.74, 6) is 0.511. The summed E-state index contributed by atoms with van der Waals surface area (Å²) in [6, 6.07) is 10.3. The van der Waals surface area contributed by atoms with Gasteiger partial charge in [-0.25, -0.2) is 9.78 Å². The largest absolute Gasteiger partial charge is 0.331 e. The number of hydrogen-bond donors (Lipinski definition) is 3. The molecule has 1 heterocycles. The standard InChI is InChI=1S/C25H28ClN5O2/c1-5-6-8-16(2)13-22(30-25(33)29-21-10-7-9-17(3)23(21)26)31(4)18-11-12-20-19(14-18)24(32)28-15-27-20/h7,9-15H,2,5-6,8H2,1,3-4H3,(H,27,28,32)(H2,29,30,33)/b22-13-. The summed E-state index contributed by atoms with van der Waals surface area (Å²) < 4.78 is 0. The molecule has 0 aliphatic rings. The van der Waals surface area contributed by atoms with Gasteiger partial charge >= 0.3 is 6.03 Å². The highest BCUT2D eigenvalue weighted by atomic mass is 35.5. The van der Waals surface area contributed by atoms with Crippen LogP contribution in [-0.2, 0) is 0 Å². The van der Waals surface area contributed by atoms with Gasteiger partial charge in [0.1, 0.15) is 5.82 Å². The Kier molecular flexibility index (Phi) is 7.90. The van der Waals surface area contributed by atoms with Gasteiger partial charge in [0.05, 0.1) is 27.9 Å². The number of amides is 2. The van der Waals surface area contributed by atoms with E-state index < -0.39 is 6.03 Å². The van der Waals surface area contributed by atoms with Crippen LogP contribution in [0.5, 0.6) is 0 Å². The van der Waals surface area contributed by atoms with Crippen LogP contribution in [0.15, 0.2) is 71.6 Å². The summed E-state index contributed by atoms with van der Waals surface area (Å²) in [5, 5.41) is 6.64. The molecule has 3 rings (SSSR count). The highest BCUT2D eigenvalue weighted by Gasteiger charge is 2.14. The van der Waals surface area contributed by atoms with Crippen LogP contribution < -0.4 is 21.1 Å². The number of H-pyrrole nitrogens is 1. The molecular formula is C25H28ClN5O2. The molecule has 0 aliphatic heterocycles. The second kappa shape index (κ2) is 10.8. The number of fused-ring (bicyclic) bond motifs is 1. The number of anilines is 2. The number of nitrogens with zero attached hydrogens (tertiary/aromatic N) is 2. The predicted molar refractivity (Wildman–Crippen MR) is 136 cm³/mol. The van der Waals surface area contributed by atoms with E-state index in [1.807, 2.05) is 38.2 Å². The van der Waals surface area contributed by atoms with Gasteiger partial charge < -0.3 is 15.2 Å². The summed E-state index contributed by atoms with van der Waals surface area (Å²) in [6.45, 7) is 8.11. The van der Waals surface area contributed by atoms with Crippen LogP contribution in [0.2, 0.25) is 5.02 Å². The number of nitrogens with one attached hydrogen (secondary N) is 3. The van der Waals surface area contributed by atoms with E-state index in [-0.39, 0.29) is 5.56 Å². The monoisotopic (exact) mass is 465 g/mol. The Hall–Kier alpha value is -3.58. The van der Waals surface area contributed by atoms with E-state index in [2.05, 4.69) is 34.1 Å². The average molecular weight is 466 g/mol. The van der Waals surface area contributed by atoms with Crippen LogP contribution in [0.1, 0.15) is 31.7 Å². The van der Waals surface area contributed by atoms with Gasteiger partial charge in [-0.2, -0.15) is 0 Å². The van der Waals surface area contributed by atoms with Crippen molar-refractivity contribution >= 4 is 39.9 Å². The molecule has 33 heavy (non-hydrogen) atoms. The lowest BCUT2D eigenvalue weighted by molar-refractivity contribution is 0.254. The topological polar surface area (TPSA) is 90.1 Å². The Bertz CT molecular complexity index is 1270. The van der Waals surface area contributed by atoms with Gasteiger partial charge in [0.2, 0.25) is 0 Å². The first kappa shape index (κ1) is 24.1. The van der Waals surface area contributed by atoms with Crippen LogP contribution in [-0.4, -0.2) is 23.0 Å². The number of unbranched alkanes of at least 4 members (excludes halogenated alkanes) is 1. The SMILES string of the molecule is C=C(/C=C(/NC(=O)Nc1cccc(C)c1Cl)N(C)c1ccc2nc[nH]c(=O)c2c1)CCCC. The number of aromatic amines is 1. The van der Waals surface area contributed by atoms with E-state index in [1.54, 1.807) is 23.1 Å². The van der Waals surface area contributed by atoms with E-state index in [9.17, 15) is 9.59 Å². The molecule has 0 fully saturated rings. The fraction of sp³-hybridized carbons (Fsp3) is 0.240. The van der Waals surface area contributed by atoms with Crippen molar-refractivity contribution in [2.75, 3.05) is 17.3 Å². The zero-order chi connectivity index (χ0) is 24.0. The van der Waals surface area contributed by atoms with Crippen LogP contribution in [0.4, 0.5) is 16.2 Å². The van der Waals surface area contributed by atoms with Gasteiger partial charge in [0.15, 0.2) is 0 Å². The Morgan fingerprint density at radius 1 is 1.30 bits per heavy atom. The van der Waals surface area contributed by atoms with Crippen molar-refractivity contribution in [2.45, 2.75) is 33.1 Å². The minimum Gasteiger partial charge on any atom is -0.331 e. The number of aromatic nitrogens is 2. The summed E-state index contributed by atoms with van der Waals surface area (Å²) >= 11 is 6.32. The van der Waals surface area contributed by atoms with E-state index in [1.165, 1.54) is 6.33 Å². The van der Waals surface area contributed by atoms with Crippen molar-refractivity contribution in [2.24, 2.45) is 0 Å². The Morgan fingerprint density at radius 3 is 2.85 bits per heavy atom. The number of rotatable bonds is 8. The Balaban J connectivity index is 1.90. The summed E-state index contributed by atoms with van der Waals surface area (Å²) in [5.41, 5.74) is 3.34. The molecule has 7 nitrogen and oxygen atoms in total. The molecule has 0 saturated heterocycles. The second-order valence-electron chi connectivity index (χ2n) is 7.80. The van der Waals surface area contributed by atoms with Gasteiger partial charge in [0, 0.05) is 12.7 Å². The number of urea groups is 1. The number of carbonyl (C=O) groups is 1. The summed E-state index contributed by atoms with van der Waals surface area (Å²) in [6.07, 6.45) is 6.05. The van der Waals surface area contributed by atoms with Crippen molar-refractivity contribution in [1.82, 2.24) is 15.3 Å². The lowest BCUT2D eigenvalue weighted by Crippen LogP contribution is -2.36. The van der Waals surface area contributed by atoms with Crippen molar-refractivity contribution < 1.29 is 4.79 Å². The maximum Gasteiger partial charge on any atom is 0.324 e. The highest BCUT2D eigenvalue weighted by molar-refractivity contribution is 6.34. The van der Waals surface area contributed by atoms with Crippen molar-refractivity contribution in [3.63, 3.8) is 0 Å². The zero-order valence-corrected chi connectivity index (χ0v) is 19.8. The number of halogens is 1. The molecule has 3 aromatic rings. The molecule has 0 aliphatic carbocycles. The zero-order valence-electron chi connectivity index (χ0n) is 19.0. The number of aryl methyl sites for hydroxylation is 1. The van der Waals surface area contributed by atoms with E-state index in [0.29, 0.717) is 33.1 Å². The molecule has 0 saturated carbocycles. The third kappa shape index (κ3) is 6.02. The Labute approximate surface area is 198 Å². The Morgan fingerprint density at radius 2 is 2.09 bits per heavy atom. The molecule has 3 N–H and O–H groups in total. The van der Waals surface area contributed by atoms with Crippen LogP contribution in [0, 0.1) is 6.92 Å². The maximum atomic E-state index is 12.8. The third-order valence-corrected chi connectivity index (χ3v) is 5.75. The van der Waals surface area contributed by atoms with Gasteiger partial charge in [-0.15, -0.1) is 0 Å². The van der Waals surface area contributed by atoms with E-state index in [0.717, 1.165) is 30.4 Å². The number of allylic oxidation sites excluding steroid dienone is 2. The molecule has 1 aromatic heterocycles. The lowest BCUT2D eigenvalue weighted by Gasteiger charge is -2.24. The number of carbonyl (C=O) groups excluding carboxylic acids is 1. The minimum absolute atomic E-state index is 0.229. The first-order valence-corrected chi connectivity index (χ1v) is 11.1. The minimum atomic E-state index is -0.441. The van der Waals surface area contributed by atoms with Crippen molar-refractivity contribution in [1.29, 1.82) is 0 Å². The number of benzene rings is 2. The fourth-order valence-corrected chi connectivity index (χ4v) is 3.48. The molecule has 8 heteroatoms. The summed E-state index contributed by atoms with van der Waals surface area (Å²) in [7, 11) is 1.81. The molecule has 0 radical (unpaired) electrons. The normalized spacial score (nSPS) is 11.3. The molecule has 0 unspecified atom stereocenters. The molecule has 0 bridgehead atoms. The number of hydrogen-bond acceptors (Lipinski definition) is 4. The van der Waals surface area contributed by atoms with Gasteiger partial charge in [0.25, 0.3) is 5.56 Å². The smallest absolute Gasteiger partial charge is 0.324 e. The van der Waals surface area contributed by atoms with Crippen molar-refractivity contribution in [3.8, 4) is 0 Å². The molecule has 0 spiro atoms. The fourth-order valence-electron chi connectivity index (χ4n) is 3.30. The first-order valence-electron chi connectivity index (χ1n) is 10.7. The molecular weight excluding hydrogens is 438 g/mol. The van der Waals surface area contributed by atoms with Crippen LogP contribution >= 0.6 is 11.6 Å². The highest BCUT2D eigenvalue weighted by Crippen LogP contribution is 2.25. The molecule has 2 amide bonds. The van der Waals surface area contributed by atoms with Crippen molar-refractivity contribution in [3.05, 3.63) is 87.7 Å². The van der Waals surface area contributed by atoms with Gasteiger partial charge in [-0.3, -0.25) is 10.1 Å². The molecule has 172 valence electrons. The molecule has 2 aromatic carbocycles. The lowest BCUT2D eigenvalue weighted by atomic mass is 10.1. The van der Waals surface area contributed by atoms with Crippen LogP contribution in [0.3, 0.4) is 0 Å².